The van der Waals surface area contributed by atoms with Crippen molar-refractivity contribution in [3.05, 3.63) is 35.6 Å². The van der Waals surface area contributed by atoms with E-state index in [-0.39, 0.29) is 36.2 Å². The van der Waals surface area contributed by atoms with Crippen LogP contribution in [0.25, 0.3) is 0 Å². The molecular weight excluding hydrogens is 363 g/mol. The third-order valence-corrected chi connectivity index (χ3v) is 6.67. The molecule has 2 atom stereocenters. The van der Waals surface area contributed by atoms with Crippen molar-refractivity contribution in [2.75, 3.05) is 31.1 Å². The average molecular weight is 384 g/mol. The van der Waals surface area contributed by atoms with E-state index < -0.39 is 27.9 Å². The van der Waals surface area contributed by atoms with E-state index in [2.05, 4.69) is 0 Å². The van der Waals surface area contributed by atoms with Crippen molar-refractivity contribution in [1.82, 2.24) is 9.80 Å². The molecule has 1 aromatic rings. The minimum Gasteiger partial charge on any atom is -0.480 e. The third-order valence-electron chi connectivity index (χ3n) is 4.97. The van der Waals surface area contributed by atoms with E-state index in [1.807, 2.05) is 0 Å². The molecule has 1 N–H and O–H groups in total. The Morgan fingerprint density at radius 2 is 1.92 bits per heavy atom. The van der Waals surface area contributed by atoms with Crippen LogP contribution in [-0.4, -0.2) is 78.4 Å². The summed E-state index contributed by atoms with van der Waals surface area (Å²) in [5.74, 6) is -1.83. The van der Waals surface area contributed by atoms with E-state index in [4.69, 9.17) is 5.11 Å². The highest BCUT2D eigenvalue weighted by molar-refractivity contribution is 7.91. The number of hydrogen-bond donors (Lipinski definition) is 1. The van der Waals surface area contributed by atoms with Crippen molar-refractivity contribution in [1.29, 1.82) is 0 Å². The highest BCUT2D eigenvalue weighted by Gasteiger charge is 2.48. The number of carboxylic acids is 1. The molecule has 0 aromatic heterocycles. The molecule has 0 spiro atoms. The van der Waals surface area contributed by atoms with E-state index in [1.165, 1.54) is 12.1 Å². The first-order valence-electron chi connectivity index (χ1n) is 8.45. The van der Waals surface area contributed by atoms with Crippen LogP contribution >= 0.6 is 0 Å². The number of hydrogen-bond acceptors (Lipinski definition) is 5. The maximum Gasteiger partial charge on any atom is 0.317 e. The Hall–Kier alpha value is -2.00. The highest BCUT2D eigenvalue weighted by Crippen LogP contribution is 2.27. The first-order valence-corrected chi connectivity index (χ1v) is 10.3. The molecule has 7 nitrogen and oxygen atoms in total. The van der Waals surface area contributed by atoms with Gasteiger partial charge in [-0.1, -0.05) is 12.1 Å². The van der Waals surface area contributed by atoms with Gasteiger partial charge >= 0.3 is 5.97 Å². The lowest BCUT2D eigenvalue weighted by atomic mass is 10.0. The Kier molecular flexibility index (Phi) is 5.29. The Bertz CT molecular complexity index is 813. The van der Waals surface area contributed by atoms with E-state index >= 15 is 0 Å². The van der Waals surface area contributed by atoms with Crippen LogP contribution in [0, 0.1) is 5.82 Å². The van der Waals surface area contributed by atoms with Gasteiger partial charge in [-0.2, -0.15) is 0 Å². The molecule has 9 heteroatoms. The number of rotatable bonds is 5. The number of aliphatic carboxylic acids is 1. The van der Waals surface area contributed by atoms with Crippen LogP contribution in [0.3, 0.4) is 0 Å². The van der Waals surface area contributed by atoms with Gasteiger partial charge in [0.15, 0.2) is 9.84 Å². The summed E-state index contributed by atoms with van der Waals surface area (Å²) in [7, 11) is -3.31. The summed E-state index contributed by atoms with van der Waals surface area (Å²) in [4.78, 5) is 26.9. The van der Waals surface area contributed by atoms with Crippen LogP contribution in [0.4, 0.5) is 4.39 Å². The Balaban J connectivity index is 1.69. The van der Waals surface area contributed by atoms with E-state index in [0.717, 1.165) is 0 Å². The van der Waals surface area contributed by atoms with Crippen LogP contribution in [0.5, 0.6) is 0 Å². The number of benzene rings is 1. The first-order chi connectivity index (χ1) is 12.2. The van der Waals surface area contributed by atoms with E-state index in [1.54, 1.807) is 21.9 Å². The monoisotopic (exact) mass is 384 g/mol. The van der Waals surface area contributed by atoms with Crippen molar-refractivity contribution in [3.63, 3.8) is 0 Å². The SMILES string of the molecule is O=C(O)CN1CCN(C(=O)CCc2cccc(F)c2)[C@H]2CS(=O)(=O)C[C@H]21. The van der Waals surface area contributed by atoms with Crippen molar-refractivity contribution >= 4 is 21.7 Å². The molecule has 2 aliphatic heterocycles. The van der Waals surface area contributed by atoms with Crippen LogP contribution in [-0.2, 0) is 25.8 Å². The van der Waals surface area contributed by atoms with Gasteiger partial charge in [-0.3, -0.25) is 14.5 Å². The van der Waals surface area contributed by atoms with Gasteiger partial charge in [-0.15, -0.1) is 0 Å². The van der Waals surface area contributed by atoms with Crippen LogP contribution in [0.1, 0.15) is 12.0 Å². The zero-order chi connectivity index (χ0) is 18.9. The molecule has 0 saturated carbocycles. The van der Waals surface area contributed by atoms with Crippen LogP contribution in [0.2, 0.25) is 0 Å². The number of piperazine rings is 1. The molecule has 0 bridgehead atoms. The standard InChI is InChI=1S/C17H21FN2O5S/c18-13-3-1-2-12(8-13)4-5-16(21)20-7-6-19(9-17(22)23)14-10-26(24,25)11-15(14)20/h1-3,8,14-15H,4-7,9-11H2,(H,22,23)/t14-,15+/m1/s1. The molecule has 2 heterocycles. The van der Waals surface area contributed by atoms with Crippen molar-refractivity contribution in [2.24, 2.45) is 0 Å². The molecule has 2 fully saturated rings. The number of carbonyl (C=O) groups is 2. The van der Waals surface area contributed by atoms with Gasteiger partial charge in [0, 0.05) is 25.6 Å². The van der Waals surface area contributed by atoms with Gasteiger partial charge in [0.25, 0.3) is 0 Å². The van der Waals surface area contributed by atoms with Gasteiger partial charge in [-0.25, -0.2) is 12.8 Å². The summed E-state index contributed by atoms with van der Waals surface area (Å²) in [5.41, 5.74) is 0.707. The van der Waals surface area contributed by atoms with E-state index in [9.17, 15) is 22.4 Å². The number of aryl methyl sites for hydroxylation is 1. The molecular formula is C17H21FN2O5S. The lowest BCUT2D eigenvalue weighted by Crippen LogP contribution is -2.61. The zero-order valence-electron chi connectivity index (χ0n) is 14.2. The number of halogens is 1. The topological polar surface area (TPSA) is 95.0 Å². The average Bonchev–Trinajstić information content (AvgIpc) is 2.88. The maximum absolute atomic E-state index is 13.2. The Labute approximate surface area is 151 Å². The molecule has 2 saturated heterocycles. The molecule has 0 unspecified atom stereocenters. The predicted octanol–water partition coefficient (Wildman–Crippen LogP) is 0.153. The summed E-state index contributed by atoms with van der Waals surface area (Å²) in [6, 6.07) is 5.03. The van der Waals surface area contributed by atoms with Crippen molar-refractivity contribution in [2.45, 2.75) is 24.9 Å². The minimum atomic E-state index is -3.31. The number of carboxylic acid groups (broad SMARTS) is 1. The smallest absolute Gasteiger partial charge is 0.317 e. The number of nitrogens with zero attached hydrogens (tertiary/aromatic N) is 2. The quantitative estimate of drug-likeness (QED) is 0.777. The zero-order valence-corrected chi connectivity index (χ0v) is 15.0. The highest BCUT2D eigenvalue weighted by atomic mass is 32.2. The molecule has 1 aromatic carbocycles. The van der Waals surface area contributed by atoms with Crippen molar-refractivity contribution in [3.8, 4) is 0 Å². The second-order valence-electron chi connectivity index (χ2n) is 6.79. The predicted molar refractivity (Wildman–Crippen MR) is 91.9 cm³/mol. The lowest BCUT2D eigenvalue weighted by molar-refractivity contribution is -0.142. The van der Waals surface area contributed by atoms with Crippen molar-refractivity contribution < 1.29 is 27.5 Å². The number of sulfone groups is 1. The molecule has 142 valence electrons. The molecule has 3 rings (SSSR count). The summed E-state index contributed by atoms with van der Waals surface area (Å²) in [5, 5.41) is 9.02. The summed E-state index contributed by atoms with van der Waals surface area (Å²) in [6.45, 7) is 0.392. The fourth-order valence-electron chi connectivity index (χ4n) is 3.79. The first kappa shape index (κ1) is 18.8. The molecule has 2 aliphatic rings. The normalized spacial score (nSPS) is 25.0. The molecule has 26 heavy (non-hydrogen) atoms. The number of amides is 1. The summed E-state index contributed by atoms with van der Waals surface area (Å²) >= 11 is 0. The summed E-state index contributed by atoms with van der Waals surface area (Å²) in [6.07, 6.45) is 0.529. The van der Waals surface area contributed by atoms with E-state index in [0.29, 0.717) is 25.1 Å². The third kappa shape index (κ3) is 4.21. The van der Waals surface area contributed by atoms with Gasteiger partial charge in [0.05, 0.1) is 24.1 Å². The number of fused-ring (bicyclic) bond motifs is 1. The number of carbonyl (C=O) groups excluding carboxylic acids is 1. The van der Waals surface area contributed by atoms with Gasteiger partial charge in [-0.05, 0) is 24.1 Å². The van der Waals surface area contributed by atoms with Gasteiger partial charge in [0.2, 0.25) is 5.91 Å². The Morgan fingerprint density at radius 3 is 2.62 bits per heavy atom. The minimum absolute atomic E-state index is 0.126. The van der Waals surface area contributed by atoms with Crippen LogP contribution < -0.4 is 0 Å². The second kappa shape index (κ2) is 7.32. The molecule has 0 aliphatic carbocycles. The van der Waals surface area contributed by atoms with Gasteiger partial charge < -0.3 is 10.0 Å². The molecule has 1 amide bonds. The lowest BCUT2D eigenvalue weighted by Gasteiger charge is -2.43. The van der Waals surface area contributed by atoms with Gasteiger partial charge in [0.1, 0.15) is 5.82 Å². The molecule has 0 radical (unpaired) electrons. The second-order valence-corrected chi connectivity index (χ2v) is 8.95. The summed E-state index contributed by atoms with van der Waals surface area (Å²) < 4.78 is 37.4. The fraction of sp³-hybridized carbons (Fsp3) is 0.529. The maximum atomic E-state index is 13.2. The van der Waals surface area contributed by atoms with Crippen LogP contribution in [0.15, 0.2) is 24.3 Å². The Morgan fingerprint density at radius 1 is 1.19 bits per heavy atom. The fourth-order valence-corrected chi connectivity index (χ4v) is 5.80. The largest absolute Gasteiger partial charge is 0.480 e.